The van der Waals surface area contributed by atoms with E-state index >= 15 is 0 Å². The summed E-state index contributed by atoms with van der Waals surface area (Å²) in [6.07, 6.45) is 9.03. The second-order valence-electron chi connectivity index (χ2n) is 7.84. The van der Waals surface area contributed by atoms with E-state index in [1.165, 1.54) is 6.42 Å². The van der Waals surface area contributed by atoms with Crippen molar-refractivity contribution in [3.8, 4) is 0 Å². The number of likely N-dealkylation sites (tertiary alicyclic amines) is 1. The minimum absolute atomic E-state index is 0. The van der Waals surface area contributed by atoms with Crippen LogP contribution in [0.4, 0.5) is 0 Å². The van der Waals surface area contributed by atoms with Gasteiger partial charge in [0.2, 0.25) is 0 Å². The maximum Gasteiger partial charge on any atom is 0.267 e. The maximum atomic E-state index is 11.6. The fourth-order valence-electron chi connectivity index (χ4n) is 5.16. The number of aryl methyl sites for hydroxylation is 1. The number of piperidine rings is 1. The van der Waals surface area contributed by atoms with E-state index in [1.54, 1.807) is 13.3 Å². The molecule has 1 aliphatic carbocycles. The number of rotatable bonds is 5. The van der Waals surface area contributed by atoms with Crippen molar-refractivity contribution in [1.82, 2.24) is 19.4 Å². The number of aromatic nitrogens is 3. The number of fused-ring (bicyclic) bond motifs is 2. The number of hydrogen-bond donors (Lipinski definition) is 1. The minimum atomic E-state index is -0.499. The van der Waals surface area contributed by atoms with Gasteiger partial charge in [-0.1, -0.05) is 6.42 Å². The second kappa shape index (κ2) is 8.19. The van der Waals surface area contributed by atoms with Gasteiger partial charge in [-0.2, -0.15) is 0 Å². The van der Waals surface area contributed by atoms with Gasteiger partial charge < -0.3 is 15.0 Å². The number of nitrogens with zero attached hydrogens (tertiary/aromatic N) is 4. The summed E-state index contributed by atoms with van der Waals surface area (Å²) in [7, 11) is 3.79. The van der Waals surface area contributed by atoms with E-state index in [2.05, 4.69) is 21.1 Å². The number of ether oxygens (including phenoxy) is 1. The molecule has 2 aromatic heterocycles. The number of imidazole rings is 1. The number of carbonyl (C=O) groups is 1. The van der Waals surface area contributed by atoms with Crippen LogP contribution in [-0.4, -0.2) is 45.5 Å². The first kappa shape index (κ1) is 20.8. The Hall–Kier alpha value is -1.96. The molecular weight excluding hydrogens is 378 g/mol. The highest BCUT2D eigenvalue weighted by atomic mass is 35.5. The van der Waals surface area contributed by atoms with Crippen LogP contribution in [0.3, 0.4) is 0 Å². The standard InChI is InChI=1S/C20H27N5O2.ClH/c1-24-11-17(23-13-24)12-25-9-15-4-3-5-16(10-25)20(15,27-2)14-6-7-22-18(8-14)19(21)26;/h6-8,11,13,15-16H,3-5,9-10,12H2,1-2H3,(H2,21,26);1H/t15-,16+,20-;. The first-order valence-corrected chi connectivity index (χ1v) is 9.53. The molecule has 1 saturated carbocycles. The summed E-state index contributed by atoms with van der Waals surface area (Å²) < 4.78 is 8.23. The monoisotopic (exact) mass is 405 g/mol. The topological polar surface area (TPSA) is 86.3 Å². The number of halogens is 1. The zero-order valence-corrected chi connectivity index (χ0v) is 17.2. The SMILES string of the molecule is CO[C@]1(c2ccnc(C(N)=O)c2)[C@@H]2CCC[C@H]1CN(Cc1cn(C)cn1)C2.Cl. The summed E-state index contributed by atoms with van der Waals surface area (Å²) in [5.41, 5.74) is 7.51. The zero-order valence-electron chi connectivity index (χ0n) is 16.4. The molecule has 0 aromatic carbocycles. The van der Waals surface area contributed by atoms with Gasteiger partial charge in [0.05, 0.1) is 12.0 Å². The molecule has 1 aliphatic heterocycles. The van der Waals surface area contributed by atoms with Crippen molar-refractivity contribution in [1.29, 1.82) is 0 Å². The summed E-state index contributed by atoms with van der Waals surface area (Å²) in [5.74, 6) is 0.226. The summed E-state index contributed by atoms with van der Waals surface area (Å²) >= 11 is 0. The van der Waals surface area contributed by atoms with Crippen molar-refractivity contribution < 1.29 is 9.53 Å². The molecule has 2 bridgehead atoms. The molecule has 8 heteroatoms. The fraction of sp³-hybridized carbons (Fsp3) is 0.550. The van der Waals surface area contributed by atoms with Crippen molar-refractivity contribution in [3.05, 3.63) is 47.8 Å². The van der Waals surface area contributed by atoms with Crippen LogP contribution in [-0.2, 0) is 23.9 Å². The predicted molar refractivity (Wildman–Crippen MR) is 108 cm³/mol. The molecule has 0 spiro atoms. The van der Waals surface area contributed by atoms with Crippen LogP contribution in [0.25, 0.3) is 0 Å². The van der Waals surface area contributed by atoms with Gasteiger partial charge in [0.1, 0.15) is 11.3 Å². The van der Waals surface area contributed by atoms with E-state index in [1.807, 2.05) is 30.1 Å². The van der Waals surface area contributed by atoms with E-state index < -0.39 is 5.91 Å². The van der Waals surface area contributed by atoms with Gasteiger partial charge in [-0.25, -0.2) is 4.98 Å². The quantitative estimate of drug-likeness (QED) is 0.823. The van der Waals surface area contributed by atoms with Crippen LogP contribution in [0.15, 0.2) is 30.9 Å². The second-order valence-corrected chi connectivity index (χ2v) is 7.84. The van der Waals surface area contributed by atoms with E-state index in [9.17, 15) is 4.79 Å². The lowest BCUT2D eigenvalue weighted by molar-refractivity contribution is -0.170. The average Bonchev–Trinajstić information content (AvgIpc) is 3.06. The Morgan fingerprint density at radius 1 is 1.32 bits per heavy atom. The molecule has 2 fully saturated rings. The molecule has 7 nitrogen and oxygen atoms in total. The van der Waals surface area contributed by atoms with E-state index in [0.29, 0.717) is 17.5 Å². The highest BCUT2D eigenvalue weighted by molar-refractivity contribution is 5.90. The molecule has 1 amide bonds. The largest absolute Gasteiger partial charge is 0.373 e. The Kier molecular flexibility index (Phi) is 6.07. The molecule has 1 saturated heterocycles. The lowest BCUT2D eigenvalue weighted by Gasteiger charge is -2.55. The number of nitrogens with two attached hydrogens (primary N) is 1. The minimum Gasteiger partial charge on any atom is -0.373 e. The number of amides is 1. The van der Waals surface area contributed by atoms with Gasteiger partial charge in [-0.3, -0.25) is 14.7 Å². The van der Waals surface area contributed by atoms with Crippen LogP contribution < -0.4 is 5.73 Å². The van der Waals surface area contributed by atoms with E-state index in [4.69, 9.17) is 10.5 Å². The first-order valence-electron chi connectivity index (χ1n) is 9.53. The molecule has 4 rings (SSSR count). The van der Waals surface area contributed by atoms with Crippen LogP contribution in [0.1, 0.15) is 41.0 Å². The Morgan fingerprint density at radius 2 is 2.04 bits per heavy atom. The number of primary amides is 1. The molecule has 0 unspecified atom stereocenters. The Labute approximate surface area is 171 Å². The van der Waals surface area contributed by atoms with Crippen LogP contribution in [0.5, 0.6) is 0 Å². The molecule has 0 radical (unpaired) electrons. The normalized spacial score (nSPS) is 27.2. The van der Waals surface area contributed by atoms with Crippen molar-refractivity contribution >= 4 is 18.3 Å². The average molecular weight is 406 g/mol. The highest BCUT2D eigenvalue weighted by Gasteiger charge is 2.53. The highest BCUT2D eigenvalue weighted by Crippen LogP contribution is 2.51. The molecule has 3 atom stereocenters. The fourth-order valence-corrected chi connectivity index (χ4v) is 5.16. The van der Waals surface area contributed by atoms with Gasteiger partial charge in [0.25, 0.3) is 5.91 Å². The molecule has 3 heterocycles. The number of pyridine rings is 1. The lowest BCUT2D eigenvalue weighted by atomic mass is 9.62. The lowest BCUT2D eigenvalue weighted by Crippen LogP contribution is -2.58. The third-order valence-electron chi connectivity index (χ3n) is 6.22. The summed E-state index contributed by atoms with van der Waals surface area (Å²) in [6.45, 7) is 2.76. The van der Waals surface area contributed by atoms with Gasteiger partial charge >= 0.3 is 0 Å². The van der Waals surface area contributed by atoms with Crippen molar-refractivity contribution in [2.75, 3.05) is 20.2 Å². The Morgan fingerprint density at radius 3 is 2.61 bits per heavy atom. The molecule has 2 N–H and O–H groups in total. The summed E-state index contributed by atoms with van der Waals surface area (Å²) in [6, 6.07) is 3.81. The van der Waals surface area contributed by atoms with E-state index in [0.717, 1.165) is 43.7 Å². The van der Waals surface area contributed by atoms with Crippen LogP contribution >= 0.6 is 12.4 Å². The summed E-state index contributed by atoms with van der Waals surface area (Å²) in [5, 5.41) is 0. The van der Waals surface area contributed by atoms with Crippen molar-refractivity contribution in [2.24, 2.45) is 24.6 Å². The number of carbonyl (C=O) groups excluding carboxylic acids is 1. The van der Waals surface area contributed by atoms with Crippen molar-refractivity contribution in [3.63, 3.8) is 0 Å². The predicted octanol–water partition coefficient (Wildman–Crippen LogP) is 2.11. The van der Waals surface area contributed by atoms with Crippen LogP contribution in [0, 0.1) is 11.8 Å². The van der Waals surface area contributed by atoms with Gasteiger partial charge in [0, 0.05) is 58.0 Å². The van der Waals surface area contributed by atoms with Crippen LogP contribution in [0.2, 0.25) is 0 Å². The van der Waals surface area contributed by atoms with Gasteiger partial charge in [0.15, 0.2) is 0 Å². The van der Waals surface area contributed by atoms with E-state index in [-0.39, 0.29) is 18.0 Å². The maximum absolute atomic E-state index is 11.6. The van der Waals surface area contributed by atoms with Gasteiger partial charge in [-0.05, 0) is 30.5 Å². The van der Waals surface area contributed by atoms with Crippen molar-refractivity contribution in [2.45, 2.75) is 31.4 Å². The number of methoxy groups -OCH3 is 1. The Balaban J connectivity index is 0.00000225. The third kappa shape index (κ3) is 3.54. The summed E-state index contributed by atoms with van der Waals surface area (Å²) in [4.78, 5) is 22.7. The first-order chi connectivity index (χ1) is 13.0. The smallest absolute Gasteiger partial charge is 0.267 e. The molecule has 2 aliphatic rings. The molecule has 152 valence electrons. The molecular formula is C20H28ClN5O2. The molecule has 2 aromatic rings. The molecule has 28 heavy (non-hydrogen) atoms. The number of hydrogen-bond acceptors (Lipinski definition) is 5. The third-order valence-corrected chi connectivity index (χ3v) is 6.22. The van der Waals surface area contributed by atoms with Gasteiger partial charge in [-0.15, -0.1) is 12.4 Å². The zero-order chi connectivity index (χ0) is 19.0. The Bertz CT molecular complexity index is 826.